The predicted molar refractivity (Wildman–Crippen MR) is 43.9 cm³/mol. The van der Waals surface area contributed by atoms with E-state index in [-0.39, 0.29) is 0 Å². The first-order valence-corrected chi connectivity index (χ1v) is 4.38. The van der Waals surface area contributed by atoms with Crippen molar-refractivity contribution in [2.24, 2.45) is 0 Å². The molecule has 12 heavy (non-hydrogen) atoms. The molecule has 0 aromatic carbocycles. The van der Waals surface area contributed by atoms with Gasteiger partial charge in [0.25, 0.3) is 0 Å². The number of fused-ring (bicyclic) bond motifs is 1. The molecule has 66 valence electrons. The summed E-state index contributed by atoms with van der Waals surface area (Å²) in [5.41, 5.74) is -1.11. The number of hydrogen-bond donors (Lipinski definition) is 2. The lowest BCUT2D eigenvalue weighted by molar-refractivity contribution is -0.0276. The Balaban J connectivity index is 2.21. The Labute approximate surface area is 75.9 Å². The topological polar surface area (TPSA) is 58.9 Å². The van der Waals surface area contributed by atoms with Crippen LogP contribution < -0.4 is 0 Å². The third-order valence-corrected chi connectivity index (χ3v) is 3.42. The van der Waals surface area contributed by atoms with Gasteiger partial charge in [0.2, 0.25) is 0 Å². The molecule has 2 fully saturated rings. The van der Waals surface area contributed by atoms with Gasteiger partial charge in [-0.25, -0.2) is 0 Å². The normalized spacial score (nSPS) is 56.9. The van der Waals surface area contributed by atoms with Crippen LogP contribution in [0.1, 0.15) is 6.42 Å². The van der Waals surface area contributed by atoms with Gasteiger partial charge in [-0.3, -0.25) is 0 Å². The predicted octanol–water partition coefficient (Wildman–Crippen LogP) is -0.437. The molecule has 1 heterocycles. The van der Waals surface area contributed by atoms with Crippen LogP contribution in [0.15, 0.2) is 0 Å². The lowest BCUT2D eigenvalue weighted by atomic mass is 9.91. The summed E-state index contributed by atoms with van der Waals surface area (Å²) in [5.74, 6) is 0. The highest BCUT2D eigenvalue weighted by Gasteiger charge is 2.79. The van der Waals surface area contributed by atoms with Crippen molar-refractivity contribution < 1.29 is 19.1 Å². The molecule has 2 aliphatic rings. The summed E-state index contributed by atoms with van der Waals surface area (Å²) in [7, 11) is 6.99. The molecular weight excluding hydrogens is 179 g/mol. The summed E-state index contributed by atoms with van der Waals surface area (Å²) < 4.78 is 19.1. The first-order chi connectivity index (χ1) is 5.59. The smallest absolute Gasteiger partial charge is 0.172 e. The van der Waals surface area contributed by atoms with Crippen LogP contribution in [-0.4, -0.2) is 47.3 Å². The lowest BCUT2D eigenvalue weighted by Crippen LogP contribution is -2.37. The van der Waals surface area contributed by atoms with E-state index >= 15 is 0 Å². The van der Waals surface area contributed by atoms with Gasteiger partial charge in [0.15, 0.2) is 4.93 Å². The summed E-state index contributed by atoms with van der Waals surface area (Å²) in [6, 6.07) is -0.659. The van der Waals surface area contributed by atoms with E-state index in [9.17, 15) is 5.11 Å². The van der Waals surface area contributed by atoms with Crippen molar-refractivity contribution in [3.8, 4) is 0 Å². The van der Waals surface area contributed by atoms with Gasteiger partial charge in [0.05, 0.1) is 0 Å². The Hall–Kier alpha value is 0.255. The van der Waals surface area contributed by atoms with Gasteiger partial charge in [-0.05, 0) is 0 Å². The molecule has 0 aromatic rings. The molecule has 4 atom stereocenters. The number of methoxy groups -OCH3 is 1. The number of hydrogen-bond acceptors (Lipinski definition) is 5. The van der Waals surface area contributed by atoms with Gasteiger partial charge in [0.1, 0.15) is 19.6 Å². The van der Waals surface area contributed by atoms with Crippen LogP contribution in [0.25, 0.3) is 0 Å². The zero-order valence-corrected chi connectivity index (χ0v) is 7.37. The third-order valence-electron chi connectivity index (χ3n) is 2.53. The van der Waals surface area contributed by atoms with Crippen LogP contribution in [-0.2, 0) is 9.47 Å². The average molecular weight is 188 g/mol. The van der Waals surface area contributed by atoms with Gasteiger partial charge < -0.3 is 19.1 Å². The molecule has 0 spiro atoms. The van der Waals surface area contributed by atoms with E-state index in [1.54, 1.807) is 0 Å². The Morgan fingerprint density at radius 1 is 1.75 bits per heavy atom. The van der Waals surface area contributed by atoms with Crippen molar-refractivity contribution >= 4 is 19.9 Å². The molecular formula is C6H9BO4S. The number of rotatable bonds is 2. The standard InChI is InChI=1S/C6H9BO4S/c1-10-3-4(7)11-6(12-9)2-5(3,6)8/h3-4,8-9H,2H2,1H3/t3-,4-,5-,6-/m1/s1. The Morgan fingerprint density at radius 2 is 2.42 bits per heavy atom. The highest BCUT2D eigenvalue weighted by molar-refractivity contribution is 7.95. The lowest BCUT2D eigenvalue weighted by Gasteiger charge is -2.19. The quantitative estimate of drug-likeness (QED) is 0.454. The molecule has 0 amide bonds. The second-order valence-corrected chi connectivity index (χ2v) is 4.03. The first-order valence-electron chi connectivity index (χ1n) is 3.61. The Bertz CT molecular complexity index is 216. The van der Waals surface area contributed by atoms with Crippen LogP contribution in [0.5, 0.6) is 0 Å². The highest BCUT2D eigenvalue weighted by atomic mass is 32.2. The van der Waals surface area contributed by atoms with Gasteiger partial charge in [0, 0.05) is 31.6 Å². The molecule has 2 rings (SSSR count). The minimum atomic E-state index is -1.11. The number of ether oxygens (including phenoxy) is 2. The van der Waals surface area contributed by atoms with Crippen LogP contribution in [0.4, 0.5) is 0 Å². The summed E-state index contributed by atoms with van der Waals surface area (Å²) >= 11 is 0.498. The van der Waals surface area contributed by atoms with Crippen molar-refractivity contribution in [1.29, 1.82) is 0 Å². The van der Waals surface area contributed by atoms with Crippen molar-refractivity contribution in [1.82, 2.24) is 0 Å². The maximum Gasteiger partial charge on any atom is 0.172 e. The minimum absolute atomic E-state index is 0.368. The number of aliphatic hydroxyl groups is 1. The van der Waals surface area contributed by atoms with E-state index in [0.29, 0.717) is 18.5 Å². The van der Waals surface area contributed by atoms with E-state index < -0.39 is 22.6 Å². The fourth-order valence-corrected chi connectivity index (χ4v) is 2.50. The largest absolute Gasteiger partial charge is 0.383 e. The van der Waals surface area contributed by atoms with Gasteiger partial charge >= 0.3 is 0 Å². The first kappa shape index (κ1) is 8.84. The molecule has 2 radical (unpaired) electrons. The molecule has 1 saturated carbocycles. The van der Waals surface area contributed by atoms with E-state index in [1.165, 1.54) is 7.11 Å². The van der Waals surface area contributed by atoms with Crippen LogP contribution in [0.3, 0.4) is 0 Å². The molecule has 6 heteroatoms. The second kappa shape index (κ2) is 2.39. The van der Waals surface area contributed by atoms with E-state index in [4.69, 9.17) is 21.9 Å². The summed E-state index contributed by atoms with van der Waals surface area (Å²) in [6.07, 6.45) is -0.176. The molecule has 1 saturated heterocycles. The zero-order valence-electron chi connectivity index (χ0n) is 6.56. The van der Waals surface area contributed by atoms with Crippen LogP contribution >= 0.6 is 12.0 Å². The molecule has 2 N–H and O–H groups in total. The van der Waals surface area contributed by atoms with E-state index in [2.05, 4.69) is 0 Å². The summed E-state index contributed by atoms with van der Waals surface area (Å²) in [5, 5.41) is 9.84. The Morgan fingerprint density at radius 3 is 2.75 bits per heavy atom. The highest BCUT2D eigenvalue weighted by Crippen LogP contribution is 2.65. The molecule has 0 unspecified atom stereocenters. The second-order valence-electron chi connectivity index (χ2n) is 3.18. The van der Waals surface area contributed by atoms with Gasteiger partial charge in [-0.15, -0.1) is 0 Å². The van der Waals surface area contributed by atoms with Crippen LogP contribution in [0.2, 0.25) is 0 Å². The zero-order chi connectivity index (χ0) is 8.98. The molecule has 0 bridgehead atoms. The monoisotopic (exact) mass is 188 g/mol. The van der Waals surface area contributed by atoms with Crippen molar-refractivity contribution in [3.05, 3.63) is 0 Å². The fraction of sp³-hybridized carbons (Fsp3) is 1.00. The summed E-state index contributed by atoms with van der Waals surface area (Å²) in [6.45, 7) is 0. The van der Waals surface area contributed by atoms with Gasteiger partial charge in [-0.1, -0.05) is 0 Å². The molecule has 0 aromatic heterocycles. The SMILES string of the molecule is [B][C@@H]1O[C@@]2(SO)C[C@@]2(O)[C@@H]1OC. The Kier molecular flexibility index (Phi) is 1.76. The van der Waals surface area contributed by atoms with E-state index in [1.807, 2.05) is 0 Å². The van der Waals surface area contributed by atoms with Crippen LogP contribution in [0, 0.1) is 0 Å². The summed E-state index contributed by atoms with van der Waals surface area (Å²) in [4.78, 5) is -0.937. The molecule has 4 nitrogen and oxygen atoms in total. The maximum atomic E-state index is 9.84. The fourth-order valence-electron chi connectivity index (χ4n) is 1.79. The van der Waals surface area contributed by atoms with E-state index in [0.717, 1.165) is 0 Å². The molecule has 1 aliphatic carbocycles. The van der Waals surface area contributed by atoms with Gasteiger partial charge in [-0.2, -0.15) is 0 Å². The maximum absolute atomic E-state index is 9.84. The average Bonchev–Trinajstić information content (AvgIpc) is 2.52. The van der Waals surface area contributed by atoms with Crippen molar-refractivity contribution in [2.45, 2.75) is 29.1 Å². The molecule has 1 aliphatic heterocycles. The minimum Gasteiger partial charge on any atom is -0.383 e. The van der Waals surface area contributed by atoms with Crippen molar-refractivity contribution in [2.75, 3.05) is 7.11 Å². The van der Waals surface area contributed by atoms with Crippen molar-refractivity contribution in [3.63, 3.8) is 0 Å². The third kappa shape index (κ3) is 0.794.